The van der Waals surface area contributed by atoms with Gasteiger partial charge >= 0.3 is 0 Å². The van der Waals surface area contributed by atoms with Crippen molar-refractivity contribution in [1.29, 1.82) is 0 Å². The molecule has 0 amide bonds. The predicted molar refractivity (Wildman–Crippen MR) is 73.7 cm³/mol. The number of aryl methyl sites for hydroxylation is 1. The molecular weight excluding hydrogens is 228 g/mol. The fourth-order valence-corrected chi connectivity index (χ4v) is 2.03. The monoisotopic (exact) mass is 252 g/mol. The van der Waals surface area contributed by atoms with E-state index in [1.807, 2.05) is 12.1 Å². The summed E-state index contributed by atoms with van der Waals surface area (Å²) in [6.45, 7) is 6.64. The second kappa shape index (κ2) is 6.10. The van der Waals surface area contributed by atoms with Gasteiger partial charge in [0, 0.05) is 12.2 Å². The Kier molecular flexibility index (Phi) is 5.03. The van der Waals surface area contributed by atoms with Crippen LogP contribution in [0.1, 0.15) is 38.3 Å². The number of benzene rings is 1. The van der Waals surface area contributed by atoms with E-state index in [2.05, 4.69) is 20.8 Å². The summed E-state index contributed by atoms with van der Waals surface area (Å²) in [5.74, 6) is 1.76. The maximum absolute atomic E-state index is 8.97. The Morgan fingerprint density at radius 2 is 1.78 bits per heavy atom. The first kappa shape index (κ1) is 14.8. The minimum absolute atomic E-state index is 0.00610. The van der Waals surface area contributed by atoms with Crippen molar-refractivity contribution >= 4 is 0 Å². The predicted octanol–water partition coefficient (Wildman–Crippen LogP) is 2.93. The van der Waals surface area contributed by atoms with Crippen molar-refractivity contribution in [3.8, 4) is 11.5 Å². The lowest BCUT2D eigenvalue weighted by molar-refractivity contribution is 0.287. The summed E-state index contributed by atoms with van der Waals surface area (Å²) in [4.78, 5) is 0. The molecule has 0 bridgehead atoms. The van der Waals surface area contributed by atoms with Gasteiger partial charge in [0.25, 0.3) is 0 Å². The Balaban J connectivity index is 3.30. The van der Waals surface area contributed by atoms with Crippen LogP contribution in [0.5, 0.6) is 11.5 Å². The second-order valence-electron chi connectivity index (χ2n) is 5.44. The van der Waals surface area contributed by atoms with E-state index in [0.717, 1.165) is 35.5 Å². The molecule has 102 valence electrons. The van der Waals surface area contributed by atoms with Crippen LogP contribution in [0.3, 0.4) is 0 Å². The van der Waals surface area contributed by atoms with Crippen molar-refractivity contribution in [3.63, 3.8) is 0 Å². The molecule has 18 heavy (non-hydrogen) atoms. The highest BCUT2D eigenvalue weighted by atomic mass is 16.5. The van der Waals surface area contributed by atoms with Gasteiger partial charge in [0.2, 0.25) is 0 Å². The van der Waals surface area contributed by atoms with Crippen molar-refractivity contribution < 1.29 is 14.6 Å². The van der Waals surface area contributed by atoms with Crippen LogP contribution in [-0.2, 0) is 11.8 Å². The lowest BCUT2D eigenvalue weighted by Crippen LogP contribution is -2.14. The zero-order valence-corrected chi connectivity index (χ0v) is 12.0. The Labute approximate surface area is 110 Å². The van der Waals surface area contributed by atoms with Gasteiger partial charge in [-0.3, -0.25) is 0 Å². The zero-order valence-electron chi connectivity index (χ0n) is 12.0. The van der Waals surface area contributed by atoms with Gasteiger partial charge in [-0.2, -0.15) is 0 Å². The summed E-state index contributed by atoms with van der Waals surface area (Å²) >= 11 is 0. The molecule has 1 aromatic rings. The van der Waals surface area contributed by atoms with Gasteiger partial charge in [0.15, 0.2) is 0 Å². The third kappa shape index (κ3) is 3.39. The van der Waals surface area contributed by atoms with Crippen LogP contribution in [0, 0.1) is 0 Å². The maximum atomic E-state index is 8.97. The highest BCUT2D eigenvalue weighted by Gasteiger charge is 2.22. The molecule has 1 rings (SSSR count). The molecule has 0 unspecified atom stereocenters. The molecule has 0 aliphatic heterocycles. The molecule has 0 atom stereocenters. The summed E-state index contributed by atoms with van der Waals surface area (Å²) in [5, 5.41) is 8.97. The van der Waals surface area contributed by atoms with Crippen molar-refractivity contribution in [1.82, 2.24) is 0 Å². The van der Waals surface area contributed by atoms with E-state index in [4.69, 9.17) is 14.6 Å². The number of aliphatic hydroxyl groups excluding tert-OH is 1. The number of rotatable bonds is 5. The summed E-state index contributed by atoms with van der Waals surface area (Å²) in [5.41, 5.74) is 2.22. The number of ether oxygens (including phenoxy) is 2. The first-order valence-electron chi connectivity index (χ1n) is 6.30. The summed E-state index contributed by atoms with van der Waals surface area (Å²) in [6, 6.07) is 4.02. The molecule has 0 saturated carbocycles. The Morgan fingerprint density at radius 1 is 1.11 bits per heavy atom. The minimum atomic E-state index is -0.00610. The first-order valence-corrected chi connectivity index (χ1v) is 6.30. The van der Waals surface area contributed by atoms with Crippen LogP contribution < -0.4 is 9.47 Å². The number of aliphatic hydroxyl groups is 1. The molecule has 0 fully saturated rings. The van der Waals surface area contributed by atoms with Crippen LogP contribution in [0.4, 0.5) is 0 Å². The Bertz CT molecular complexity index is 391. The minimum Gasteiger partial charge on any atom is -0.497 e. The Hall–Kier alpha value is -1.22. The lowest BCUT2D eigenvalue weighted by atomic mass is 9.84. The molecule has 0 saturated heterocycles. The standard InChI is InChI=1S/C15H24O3/c1-15(2,3)13-10-12(17-4)9-11(7-6-8-16)14(13)18-5/h9-10,16H,6-8H2,1-5H3. The van der Waals surface area contributed by atoms with E-state index in [-0.39, 0.29) is 12.0 Å². The zero-order chi connectivity index (χ0) is 13.8. The van der Waals surface area contributed by atoms with E-state index in [1.54, 1.807) is 14.2 Å². The van der Waals surface area contributed by atoms with Crippen LogP contribution in [-0.4, -0.2) is 25.9 Å². The van der Waals surface area contributed by atoms with Gasteiger partial charge in [-0.1, -0.05) is 20.8 Å². The molecule has 1 N–H and O–H groups in total. The second-order valence-corrected chi connectivity index (χ2v) is 5.44. The Morgan fingerprint density at radius 3 is 2.22 bits per heavy atom. The topological polar surface area (TPSA) is 38.7 Å². The highest BCUT2D eigenvalue weighted by Crippen LogP contribution is 2.37. The van der Waals surface area contributed by atoms with Crippen molar-refractivity contribution in [2.45, 2.75) is 39.0 Å². The molecule has 0 radical (unpaired) electrons. The third-order valence-corrected chi connectivity index (χ3v) is 2.99. The molecule has 3 heteroatoms. The van der Waals surface area contributed by atoms with E-state index in [1.165, 1.54) is 0 Å². The number of hydrogen-bond acceptors (Lipinski definition) is 3. The van der Waals surface area contributed by atoms with Crippen molar-refractivity contribution in [2.75, 3.05) is 20.8 Å². The fraction of sp³-hybridized carbons (Fsp3) is 0.600. The SMILES string of the molecule is COc1cc(CCCO)c(OC)c(C(C)(C)C)c1. The molecule has 3 nitrogen and oxygen atoms in total. The van der Waals surface area contributed by atoms with Gasteiger partial charge in [-0.15, -0.1) is 0 Å². The highest BCUT2D eigenvalue weighted by molar-refractivity contribution is 5.50. The van der Waals surface area contributed by atoms with E-state index in [0.29, 0.717) is 0 Å². The lowest BCUT2D eigenvalue weighted by Gasteiger charge is -2.25. The molecule has 0 aromatic heterocycles. The summed E-state index contributed by atoms with van der Waals surface area (Å²) in [6.07, 6.45) is 1.52. The average Bonchev–Trinajstić information content (AvgIpc) is 2.33. The average molecular weight is 252 g/mol. The van der Waals surface area contributed by atoms with E-state index >= 15 is 0 Å². The molecule has 0 aliphatic carbocycles. The largest absolute Gasteiger partial charge is 0.497 e. The molecular formula is C15H24O3. The van der Waals surface area contributed by atoms with Crippen LogP contribution >= 0.6 is 0 Å². The quantitative estimate of drug-likeness (QED) is 0.875. The normalized spacial score (nSPS) is 11.4. The van der Waals surface area contributed by atoms with Gasteiger partial charge in [0.05, 0.1) is 14.2 Å². The maximum Gasteiger partial charge on any atom is 0.126 e. The first-order chi connectivity index (χ1) is 8.43. The van der Waals surface area contributed by atoms with E-state index in [9.17, 15) is 0 Å². The summed E-state index contributed by atoms with van der Waals surface area (Å²) < 4.78 is 10.9. The van der Waals surface area contributed by atoms with Gasteiger partial charge in [0.1, 0.15) is 11.5 Å². The fourth-order valence-electron chi connectivity index (χ4n) is 2.03. The van der Waals surface area contributed by atoms with Crippen molar-refractivity contribution in [3.05, 3.63) is 23.3 Å². The smallest absolute Gasteiger partial charge is 0.126 e. The molecule has 0 aliphatic rings. The number of hydrogen-bond donors (Lipinski definition) is 1. The number of methoxy groups -OCH3 is 2. The molecule has 1 aromatic carbocycles. The van der Waals surface area contributed by atoms with Crippen LogP contribution in [0.2, 0.25) is 0 Å². The molecule has 0 spiro atoms. The van der Waals surface area contributed by atoms with Crippen LogP contribution in [0.25, 0.3) is 0 Å². The molecule has 0 heterocycles. The van der Waals surface area contributed by atoms with Crippen molar-refractivity contribution in [2.24, 2.45) is 0 Å². The van der Waals surface area contributed by atoms with E-state index < -0.39 is 0 Å². The van der Waals surface area contributed by atoms with Crippen LogP contribution in [0.15, 0.2) is 12.1 Å². The van der Waals surface area contributed by atoms with Gasteiger partial charge < -0.3 is 14.6 Å². The van der Waals surface area contributed by atoms with Gasteiger partial charge in [-0.25, -0.2) is 0 Å². The summed E-state index contributed by atoms with van der Waals surface area (Å²) in [7, 11) is 3.36. The van der Waals surface area contributed by atoms with Gasteiger partial charge in [-0.05, 0) is 36.0 Å². The third-order valence-electron chi connectivity index (χ3n) is 2.99.